The smallest absolute Gasteiger partial charge is 0.164 e. The summed E-state index contributed by atoms with van der Waals surface area (Å²) in [6.07, 6.45) is 1.89. The second-order valence-electron chi connectivity index (χ2n) is 3.54. The van der Waals surface area contributed by atoms with E-state index in [0.717, 1.165) is 37.6 Å². The maximum absolute atomic E-state index is 5.65. The van der Waals surface area contributed by atoms with Crippen molar-refractivity contribution in [3.8, 4) is 11.5 Å². The van der Waals surface area contributed by atoms with E-state index in [1.807, 2.05) is 12.1 Å². The minimum Gasteiger partial charge on any atom is -0.490 e. The zero-order chi connectivity index (χ0) is 10.5. The molecule has 0 N–H and O–H groups in total. The molecule has 0 fully saturated rings. The van der Waals surface area contributed by atoms with Gasteiger partial charge in [0.05, 0.1) is 13.2 Å². The maximum Gasteiger partial charge on any atom is 0.164 e. The summed E-state index contributed by atoms with van der Waals surface area (Å²) in [4.78, 5) is 0. The number of hydrogen-bond acceptors (Lipinski definition) is 3. The Morgan fingerprint density at radius 2 is 2.27 bits per heavy atom. The van der Waals surface area contributed by atoms with Crippen molar-refractivity contribution in [3.05, 3.63) is 23.8 Å². The highest BCUT2D eigenvalue weighted by Gasteiger charge is 2.16. The molecule has 1 aromatic carbocycles. The lowest BCUT2D eigenvalue weighted by atomic mass is 10.1. The molecule has 2 rings (SSSR count). The van der Waals surface area contributed by atoms with Gasteiger partial charge >= 0.3 is 0 Å². The van der Waals surface area contributed by atoms with Crippen molar-refractivity contribution in [2.75, 3.05) is 26.9 Å². The number of rotatable bonds is 5. The van der Waals surface area contributed by atoms with Crippen LogP contribution in [-0.4, -0.2) is 26.9 Å². The van der Waals surface area contributed by atoms with Gasteiger partial charge in [-0.25, -0.2) is 0 Å². The van der Waals surface area contributed by atoms with Gasteiger partial charge in [-0.3, -0.25) is 0 Å². The molecule has 0 bridgehead atoms. The van der Waals surface area contributed by atoms with E-state index in [1.54, 1.807) is 7.11 Å². The predicted molar refractivity (Wildman–Crippen MR) is 57.6 cm³/mol. The first-order valence-corrected chi connectivity index (χ1v) is 5.28. The number of ether oxygens (including phenoxy) is 3. The average molecular weight is 208 g/mol. The molecule has 3 nitrogen and oxygen atoms in total. The Morgan fingerprint density at radius 1 is 1.33 bits per heavy atom. The second-order valence-corrected chi connectivity index (χ2v) is 3.54. The molecule has 0 saturated carbocycles. The highest BCUT2D eigenvalue weighted by molar-refractivity contribution is 5.48. The predicted octanol–water partition coefficient (Wildman–Crippen LogP) is 2.04. The van der Waals surface area contributed by atoms with E-state index in [-0.39, 0.29) is 0 Å². The molecule has 15 heavy (non-hydrogen) atoms. The molecule has 0 amide bonds. The van der Waals surface area contributed by atoms with Gasteiger partial charge in [-0.1, -0.05) is 12.1 Å². The van der Waals surface area contributed by atoms with E-state index < -0.39 is 0 Å². The topological polar surface area (TPSA) is 27.7 Å². The molecule has 0 radical (unpaired) electrons. The zero-order valence-electron chi connectivity index (χ0n) is 8.99. The van der Waals surface area contributed by atoms with E-state index in [4.69, 9.17) is 14.2 Å². The first kappa shape index (κ1) is 10.3. The molecule has 0 atom stereocenters. The van der Waals surface area contributed by atoms with Crippen LogP contribution in [0.4, 0.5) is 0 Å². The van der Waals surface area contributed by atoms with E-state index in [1.165, 1.54) is 5.56 Å². The molecule has 1 aromatic rings. The van der Waals surface area contributed by atoms with E-state index in [0.29, 0.717) is 6.61 Å². The molecule has 1 heterocycles. The van der Waals surface area contributed by atoms with Crippen LogP contribution in [-0.2, 0) is 11.2 Å². The molecule has 1 aliphatic rings. The monoisotopic (exact) mass is 208 g/mol. The lowest BCUT2D eigenvalue weighted by molar-refractivity contribution is 0.170. The molecule has 0 unspecified atom stereocenters. The van der Waals surface area contributed by atoms with E-state index in [2.05, 4.69) is 6.07 Å². The molecule has 0 saturated heterocycles. The zero-order valence-corrected chi connectivity index (χ0v) is 8.99. The Kier molecular flexibility index (Phi) is 3.45. The van der Waals surface area contributed by atoms with Crippen molar-refractivity contribution in [3.63, 3.8) is 0 Å². The summed E-state index contributed by atoms with van der Waals surface area (Å²) in [5.74, 6) is 1.79. The lowest BCUT2D eigenvalue weighted by Gasteiger charge is -2.09. The Bertz CT molecular complexity index is 323. The number of methoxy groups -OCH3 is 1. The van der Waals surface area contributed by atoms with Gasteiger partial charge in [0.25, 0.3) is 0 Å². The number of para-hydroxylation sites is 1. The number of benzene rings is 1. The first-order chi connectivity index (χ1) is 7.42. The molecular formula is C12H16O3. The van der Waals surface area contributed by atoms with Crippen LogP contribution in [0.25, 0.3) is 0 Å². The van der Waals surface area contributed by atoms with Crippen LogP contribution in [0.5, 0.6) is 11.5 Å². The summed E-state index contributed by atoms with van der Waals surface area (Å²) in [5, 5.41) is 0. The summed E-state index contributed by atoms with van der Waals surface area (Å²) in [6, 6.07) is 6.06. The van der Waals surface area contributed by atoms with Crippen molar-refractivity contribution in [2.24, 2.45) is 0 Å². The van der Waals surface area contributed by atoms with Gasteiger partial charge in [-0.05, 0) is 6.07 Å². The van der Waals surface area contributed by atoms with E-state index >= 15 is 0 Å². The fourth-order valence-corrected chi connectivity index (χ4v) is 1.68. The SMILES string of the molecule is COCCCOc1cccc2c1OCC2. The van der Waals surface area contributed by atoms with Gasteiger partial charge in [-0.2, -0.15) is 0 Å². The minimum absolute atomic E-state index is 0.674. The van der Waals surface area contributed by atoms with Gasteiger partial charge in [0.1, 0.15) is 0 Å². The van der Waals surface area contributed by atoms with Crippen LogP contribution in [0, 0.1) is 0 Å². The number of fused-ring (bicyclic) bond motifs is 1. The van der Waals surface area contributed by atoms with Gasteiger partial charge in [-0.15, -0.1) is 0 Å². The van der Waals surface area contributed by atoms with Crippen LogP contribution in [0.15, 0.2) is 18.2 Å². The molecule has 82 valence electrons. The Morgan fingerprint density at radius 3 is 3.13 bits per heavy atom. The average Bonchev–Trinajstić information content (AvgIpc) is 2.73. The Hall–Kier alpha value is -1.22. The third-order valence-corrected chi connectivity index (χ3v) is 2.43. The molecule has 0 aromatic heterocycles. The molecule has 0 spiro atoms. The third-order valence-electron chi connectivity index (χ3n) is 2.43. The summed E-state index contributed by atoms with van der Waals surface area (Å²) in [5.41, 5.74) is 1.25. The fourth-order valence-electron chi connectivity index (χ4n) is 1.68. The Labute approximate surface area is 90.0 Å². The summed E-state index contributed by atoms with van der Waals surface area (Å²) < 4.78 is 16.1. The first-order valence-electron chi connectivity index (χ1n) is 5.28. The van der Waals surface area contributed by atoms with Crippen molar-refractivity contribution < 1.29 is 14.2 Å². The molecule has 0 aliphatic carbocycles. The van der Waals surface area contributed by atoms with E-state index in [9.17, 15) is 0 Å². The summed E-state index contributed by atoms with van der Waals surface area (Å²) in [7, 11) is 1.70. The van der Waals surface area contributed by atoms with Crippen molar-refractivity contribution >= 4 is 0 Å². The van der Waals surface area contributed by atoms with Crippen LogP contribution in [0.2, 0.25) is 0 Å². The van der Waals surface area contributed by atoms with Crippen molar-refractivity contribution in [1.82, 2.24) is 0 Å². The standard InChI is InChI=1S/C12H16O3/c1-13-7-3-8-14-11-5-2-4-10-6-9-15-12(10)11/h2,4-5H,3,6-9H2,1H3. The van der Waals surface area contributed by atoms with Gasteiger partial charge < -0.3 is 14.2 Å². The van der Waals surface area contributed by atoms with Crippen molar-refractivity contribution in [1.29, 1.82) is 0 Å². The van der Waals surface area contributed by atoms with Crippen LogP contribution < -0.4 is 9.47 Å². The fraction of sp³-hybridized carbons (Fsp3) is 0.500. The van der Waals surface area contributed by atoms with Gasteiger partial charge in [0, 0.05) is 32.1 Å². The van der Waals surface area contributed by atoms with Crippen molar-refractivity contribution in [2.45, 2.75) is 12.8 Å². The maximum atomic E-state index is 5.65. The second kappa shape index (κ2) is 5.03. The third kappa shape index (κ3) is 2.42. The molecular weight excluding hydrogens is 192 g/mol. The van der Waals surface area contributed by atoms with Crippen LogP contribution in [0.3, 0.4) is 0 Å². The highest BCUT2D eigenvalue weighted by atomic mass is 16.5. The molecule has 3 heteroatoms. The quantitative estimate of drug-likeness (QED) is 0.693. The highest BCUT2D eigenvalue weighted by Crippen LogP contribution is 2.35. The van der Waals surface area contributed by atoms with Crippen LogP contribution in [0.1, 0.15) is 12.0 Å². The van der Waals surface area contributed by atoms with Gasteiger partial charge in [0.2, 0.25) is 0 Å². The summed E-state index contributed by atoms with van der Waals surface area (Å²) >= 11 is 0. The Balaban J connectivity index is 1.94. The van der Waals surface area contributed by atoms with Crippen LogP contribution >= 0.6 is 0 Å². The number of hydrogen-bond donors (Lipinski definition) is 0. The largest absolute Gasteiger partial charge is 0.490 e. The lowest BCUT2D eigenvalue weighted by Crippen LogP contribution is -2.02. The normalized spacial score (nSPS) is 13.4. The van der Waals surface area contributed by atoms with Gasteiger partial charge in [0.15, 0.2) is 11.5 Å². The summed E-state index contributed by atoms with van der Waals surface area (Å²) in [6.45, 7) is 2.18. The minimum atomic E-state index is 0.674. The molecule has 1 aliphatic heterocycles.